The summed E-state index contributed by atoms with van der Waals surface area (Å²) in [5, 5.41) is 0. The molecule has 0 aliphatic carbocycles. The van der Waals surface area contributed by atoms with Crippen molar-refractivity contribution in [3.63, 3.8) is 0 Å². The highest BCUT2D eigenvalue weighted by atomic mass is 32.2. The molecule has 0 aliphatic rings. The Hall–Kier alpha value is -0.610. The smallest absolute Gasteiger partial charge is 0.138 e. The lowest BCUT2D eigenvalue weighted by atomic mass is 10.2. The third-order valence-corrected chi connectivity index (χ3v) is 2.17. The van der Waals surface area contributed by atoms with Crippen molar-refractivity contribution in [2.75, 3.05) is 6.26 Å². The Labute approximate surface area is 76.8 Å². The van der Waals surface area contributed by atoms with Crippen LogP contribution in [0.25, 0.3) is 0 Å². The minimum atomic E-state index is 0.519. The molecule has 0 saturated carbocycles. The highest BCUT2D eigenvalue weighted by Gasteiger charge is 2.00. The van der Waals surface area contributed by atoms with Gasteiger partial charge in [-0.1, -0.05) is 0 Å². The molecule has 0 saturated heterocycles. The molecule has 1 aromatic heterocycles. The van der Waals surface area contributed by atoms with Gasteiger partial charge in [0.15, 0.2) is 0 Å². The molecule has 1 rings (SSSR count). The average Bonchev–Trinajstić information content (AvgIpc) is 2.05. The van der Waals surface area contributed by atoms with Crippen LogP contribution in [0.2, 0.25) is 0 Å². The number of hydrogen-bond acceptors (Lipinski definition) is 4. The molecule has 0 unspecified atom stereocenters. The van der Waals surface area contributed by atoms with Gasteiger partial charge in [0.25, 0.3) is 0 Å². The standard InChI is InChI=1S/C8H13N3S/c1-6-7(3-9)4-10-8(11-6)5-12-2/h4H,3,5,9H2,1-2H3. The van der Waals surface area contributed by atoms with Crippen LogP contribution in [0.4, 0.5) is 0 Å². The molecule has 0 aromatic carbocycles. The fraction of sp³-hybridized carbons (Fsp3) is 0.500. The number of thioether (sulfide) groups is 1. The number of nitrogens with two attached hydrogens (primary N) is 1. The highest BCUT2D eigenvalue weighted by molar-refractivity contribution is 7.97. The summed E-state index contributed by atoms with van der Waals surface area (Å²) in [5.41, 5.74) is 7.51. The second-order valence-corrected chi connectivity index (χ2v) is 3.40. The third-order valence-electron chi connectivity index (χ3n) is 1.62. The van der Waals surface area contributed by atoms with Gasteiger partial charge >= 0.3 is 0 Å². The van der Waals surface area contributed by atoms with E-state index >= 15 is 0 Å². The molecule has 12 heavy (non-hydrogen) atoms. The van der Waals surface area contributed by atoms with E-state index in [4.69, 9.17) is 5.73 Å². The van der Waals surface area contributed by atoms with Crippen molar-refractivity contribution in [3.05, 3.63) is 23.3 Å². The SMILES string of the molecule is CSCc1ncc(CN)c(C)n1. The topological polar surface area (TPSA) is 51.8 Å². The maximum atomic E-state index is 5.49. The first-order valence-corrected chi connectivity index (χ1v) is 5.17. The summed E-state index contributed by atoms with van der Waals surface area (Å²) in [7, 11) is 0. The van der Waals surface area contributed by atoms with Gasteiger partial charge < -0.3 is 5.73 Å². The first-order chi connectivity index (χ1) is 5.77. The average molecular weight is 183 g/mol. The summed E-state index contributed by atoms with van der Waals surface area (Å²) in [6, 6.07) is 0. The Bertz CT molecular complexity index is 262. The molecule has 1 heterocycles. The Morgan fingerprint density at radius 2 is 2.33 bits per heavy atom. The summed E-state index contributed by atoms with van der Waals surface area (Å²) in [6.07, 6.45) is 3.85. The van der Waals surface area contributed by atoms with E-state index < -0.39 is 0 Å². The van der Waals surface area contributed by atoms with E-state index in [-0.39, 0.29) is 0 Å². The first kappa shape index (κ1) is 9.48. The molecule has 3 nitrogen and oxygen atoms in total. The van der Waals surface area contributed by atoms with Crippen LogP contribution in [-0.2, 0) is 12.3 Å². The minimum Gasteiger partial charge on any atom is -0.326 e. The molecule has 0 spiro atoms. The quantitative estimate of drug-likeness (QED) is 0.762. The zero-order valence-electron chi connectivity index (χ0n) is 7.37. The molecule has 4 heteroatoms. The number of aromatic nitrogens is 2. The Morgan fingerprint density at radius 3 is 2.83 bits per heavy atom. The van der Waals surface area contributed by atoms with Gasteiger partial charge in [-0.2, -0.15) is 11.8 Å². The maximum absolute atomic E-state index is 5.49. The van der Waals surface area contributed by atoms with E-state index in [1.54, 1.807) is 11.8 Å². The molecule has 1 aromatic rings. The molecule has 2 N–H and O–H groups in total. The lowest BCUT2D eigenvalue weighted by Gasteiger charge is -2.02. The van der Waals surface area contributed by atoms with E-state index in [0.717, 1.165) is 22.8 Å². The number of rotatable bonds is 3. The van der Waals surface area contributed by atoms with Crippen molar-refractivity contribution in [2.24, 2.45) is 5.73 Å². The van der Waals surface area contributed by atoms with Gasteiger partial charge in [0.05, 0.1) is 5.75 Å². The van der Waals surface area contributed by atoms with Crippen LogP contribution in [0, 0.1) is 6.92 Å². The largest absolute Gasteiger partial charge is 0.326 e. The van der Waals surface area contributed by atoms with E-state index in [1.807, 2.05) is 19.4 Å². The molecule has 0 radical (unpaired) electrons. The van der Waals surface area contributed by atoms with Crippen molar-refractivity contribution in [1.29, 1.82) is 0 Å². The summed E-state index contributed by atoms with van der Waals surface area (Å²) < 4.78 is 0. The Kier molecular flexibility index (Phi) is 3.49. The molecule has 0 atom stereocenters. The van der Waals surface area contributed by atoms with Crippen molar-refractivity contribution < 1.29 is 0 Å². The lowest BCUT2D eigenvalue weighted by Crippen LogP contribution is -2.04. The molecule has 0 aliphatic heterocycles. The van der Waals surface area contributed by atoms with Gasteiger partial charge in [-0.3, -0.25) is 0 Å². The van der Waals surface area contributed by atoms with Crippen molar-refractivity contribution >= 4 is 11.8 Å². The van der Waals surface area contributed by atoms with E-state index in [0.29, 0.717) is 6.54 Å². The van der Waals surface area contributed by atoms with Gasteiger partial charge in [0.2, 0.25) is 0 Å². The van der Waals surface area contributed by atoms with E-state index in [2.05, 4.69) is 9.97 Å². The zero-order valence-corrected chi connectivity index (χ0v) is 8.19. The van der Waals surface area contributed by atoms with Gasteiger partial charge in [0.1, 0.15) is 5.82 Å². The molecular formula is C8H13N3S. The van der Waals surface area contributed by atoms with E-state index in [9.17, 15) is 0 Å². The monoisotopic (exact) mass is 183 g/mol. The summed E-state index contributed by atoms with van der Waals surface area (Å²) in [4.78, 5) is 8.51. The number of nitrogens with zero attached hydrogens (tertiary/aromatic N) is 2. The Balaban J connectivity index is 2.86. The van der Waals surface area contributed by atoms with Crippen molar-refractivity contribution in [3.8, 4) is 0 Å². The number of hydrogen-bond donors (Lipinski definition) is 1. The molecular weight excluding hydrogens is 170 g/mol. The van der Waals surface area contributed by atoms with Crippen LogP contribution < -0.4 is 5.73 Å². The van der Waals surface area contributed by atoms with Gasteiger partial charge in [0, 0.05) is 24.0 Å². The van der Waals surface area contributed by atoms with Crippen molar-refractivity contribution in [2.45, 2.75) is 19.2 Å². The summed E-state index contributed by atoms with van der Waals surface area (Å²) in [5.74, 6) is 1.75. The predicted molar refractivity (Wildman–Crippen MR) is 51.9 cm³/mol. The lowest BCUT2D eigenvalue weighted by molar-refractivity contribution is 0.923. The van der Waals surface area contributed by atoms with Crippen LogP contribution in [-0.4, -0.2) is 16.2 Å². The molecule has 0 fully saturated rings. The fourth-order valence-corrected chi connectivity index (χ4v) is 1.34. The van der Waals surface area contributed by atoms with Gasteiger partial charge in [-0.15, -0.1) is 0 Å². The van der Waals surface area contributed by atoms with Crippen LogP contribution in [0.3, 0.4) is 0 Å². The molecule has 0 amide bonds. The van der Waals surface area contributed by atoms with E-state index in [1.165, 1.54) is 0 Å². The van der Waals surface area contributed by atoms with Gasteiger partial charge in [-0.25, -0.2) is 9.97 Å². The van der Waals surface area contributed by atoms with Crippen LogP contribution in [0.1, 0.15) is 17.1 Å². The second-order valence-electron chi connectivity index (χ2n) is 2.53. The van der Waals surface area contributed by atoms with Crippen LogP contribution in [0.5, 0.6) is 0 Å². The Morgan fingerprint density at radius 1 is 1.58 bits per heavy atom. The highest BCUT2D eigenvalue weighted by Crippen LogP contribution is 2.07. The summed E-state index contributed by atoms with van der Waals surface area (Å²) >= 11 is 1.72. The summed E-state index contributed by atoms with van der Waals surface area (Å²) in [6.45, 7) is 2.49. The van der Waals surface area contributed by atoms with Crippen LogP contribution in [0.15, 0.2) is 6.20 Å². The van der Waals surface area contributed by atoms with Crippen LogP contribution >= 0.6 is 11.8 Å². The fourth-order valence-electron chi connectivity index (χ4n) is 0.939. The normalized spacial score (nSPS) is 10.2. The maximum Gasteiger partial charge on any atom is 0.138 e. The minimum absolute atomic E-state index is 0.519. The first-order valence-electron chi connectivity index (χ1n) is 3.78. The molecule has 0 bridgehead atoms. The predicted octanol–water partition coefficient (Wildman–Crippen LogP) is 1.11. The number of aryl methyl sites for hydroxylation is 1. The molecule has 66 valence electrons. The second kappa shape index (κ2) is 4.42. The van der Waals surface area contributed by atoms with Crippen molar-refractivity contribution in [1.82, 2.24) is 9.97 Å². The third kappa shape index (κ3) is 2.19. The van der Waals surface area contributed by atoms with Gasteiger partial charge in [-0.05, 0) is 13.2 Å². The zero-order chi connectivity index (χ0) is 8.97.